The molecule has 8 heteroatoms. The number of anilines is 2. The summed E-state index contributed by atoms with van der Waals surface area (Å²) >= 11 is 0. The van der Waals surface area contributed by atoms with Crippen LogP contribution in [0.25, 0.3) is 0 Å². The van der Waals surface area contributed by atoms with Crippen molar-refractivity contribution in [3.8, 4) is 6.01 Å². The Labute approximate surface area is 188 Å². The van der Waals surface area contributed by atoms with E-state index in [1.165, 1.54) is 5.56 Å². The van der Waals surface area contributed by atoms with Crippen LogP contribution in [0.1, 0.15) is 23.2 Å². The zero-order chi connectivity index (χ0) is 22.0. The molecule has 1 N–H and O–H groups in total. The van der Waals surface area contributed by atoms with Gasteiger partial charge in [0.1, 0.15) is 5.82 Å². The Morgan fingerprint density at radius 3 is 2.97 bits per heavy atom. The van der Waals surface area contributed by atoms with Gasteiger partial charge in [-0.25, -0.2) is 0 Å². The summed E-state index contributed by atoms with van der Waals surface area (Å²) in [7, 11) is 0. The van der Waals surface area contributed by atoms with Crippen molar-refractivity contribution >= 4 is 17.9 Å². The Balaban J connectivity index is 1.48. The van der Waals surface area contributed by atoms with Gasteiger partial charge in [-0.1, -0.05) is 35.9 Å². The summed E-state index contributed by atoms with van der Waals surface area (Å²) in [6, 6.07) is 16.2. The van der Waals surface area contributed by atoms with E-state index in [9.17, 15) is 0 Å². The number of aryl methyl sites for hydroxylation is 1. The van der Waals surface area contributed by atoms with E-state index in [1.807, 2.05) is 36.4 Å². The summed E-state index contributed by atoms with van der Waals surface area (Å²) in [6.45, 7) is 5.58. The Morgan fingerprint density at radius 1 is 1.12 bits per heavy atom. The topological polar surface area (TPSA) is 84.8 Å². The number of nitrogens with one attached hydrogen (secondary N) is 1. The molecule has 1 aliphatic heterocycles. The second kappa shape index (κ2) is 11.2. The van der Waals surface area contributed by atoms with Gasteiger partial charge in [0.15, 0.2) is 5.82 Å². The molecule has 8 nitrogen and oxygen atoms in total. The first kappa shape index (κ1) is 21.7. The molecule has 3 heterocycles. The lowest BCUT2D eigenvalue weighted by atomic mass is 10.2. The number of aromatic nitrogens is 3. The van der Waals surface area contributed by atoms with Crippen LogP contribution in [0.15, 0.2) is 59.8 Å². The summed E-state index contributed by atoms with van der Waals surface area (Å²) in [5, 5.41) is 4.35. The normalized spacial score (nSPS) is 14.3. The molecule has 0 bridgehead atoms. The van der Waals surface area contributed by atoms with Crippen molar-refractivity contribution in [3.63, 3.8) is 0 Å². The standard InChI is InChI=1S/C24H28N6O2/c1-19-6-4-7-20(16-19)18-26-29-22-17-23(30-11-5-13-31-15-12-30)28-24(27-22)32-14-9-21-8-2-3-10-25-21/h2-4,6-8,10,16-18H,5,9,11-15H2,1H3,(H,27,28,29). The molecule has 0 saturated carbocycles. The van der Waals surface area contributed by atoms with Crippen LogP contribution in [-0.2, 0) is 11.2 Å². The van der Waals surface area contributed by atoms with Gasteiger partial charge < -0.3 is 14.4 Å². The van der Waals surface area contributed by atoms with E-state index in [2.05, 4.69) is 49.4 Å². The van der Waals surface area contributed by atoms with Crippen LogP contribution < -0.4 is 15.1 Å². The van der Waals surface area contributed by atoms with Gasteiger partial charge in [0, 0.05) is 44.1 Å². The number of rotatable bonds is 8. The first-order valence-corrected chi connectivity index (χ1v) is 10.9. The minimum atomic E-state index is 0.317. The number of nitrogens with zero attached hydrogens (tertiary/aromatic N) is 5. The van der Waals surface area contributed by atoms with Crippen LogP contribution >= 0.6 is 0 Å². The van der Waals surface area contributed by atoms with Crippen LogP contribution in [0.3, 0.4) is 0 Å². The van der Waals surface area contributed by atoms with Gasteiger partial charge in [0.2, 0.25) is 0 Å². The van der Waals surface area contributed by atoms with Gasteiger partial charge in [-0.15, -0.1) is 0 Å². The molecule has 32 heavy (non-hydrogen) atoms. The molecular formula is C24H28N6O2. The third-order valence-corrected chi connectivity index (χ3v) is 4.99. The highest BCUT2D eigenvalue weighted by molar-refractivity contribution is 5.80. The molecule has 4 rings (SSSR count). The molecule has 0 radical (unpaired) electrons. The average Bonchev–Trinajstić information content (AvgIpc) is 3.10. The van der Waals surface area contributed by atoms with E-state index < -0.39 is 0 Å². The van der Waals surface area contributed by atoms with Crippen LogP contribution in [0.2, 0.25) is 0 Å². The molecule has 166 valence electrons. The molecule has 0 atom stereocenters. The average molecular weight is 433 g/mol. The monoisotopic (exact) mass is 432 g/mol. The largest absolute Gasteiger partial charge is 0.463 e. The maximum absolute atomic E-state index is 5.88. The fourth-order valence-electron chi connectivity index (χ4n) is 3.39. The SMILES string of the molecule is Cc1cccc(C=NNc2cc(N3CCCOCC3)nc(OCCc3ccccn3)n2)c1. The first-order chi connectivity index (χ1) is 15.8. The molecular weight excluding hydrogens is 404 g/mol. The second-order valence-electron chi connectivity index (χ2n) is 7.55. The summed E-state index contributed by atoms with van der Waals surface area (Å²) < 4.78 is 11.5. The Bertz CT molecular complexity index is 1020. The Morgan fingerprint density at radius 2 is 2.09 bits per heavy atom. The van der Waals surface area contributed by atoms with Crippen LogP contribution in [0, 0.1) is 6.92 Å². The lowest BCUT2D eigenvalue weighted by molar-refractivity contribution is 0.152. The first-order valence-electron chi connectivity index (χ1n) is 10.9. The minimum Gasteiger partial charge on any atom is -0.463 e. The molecule has 2 aromatic heterocycles. The van der Waals surface area contributed by atoms with E-state index in [1.54, 1.807) is 12.4 Å². The summed E-state index contributed by atoms with van der Waals surface area (Å²) in [5.74, 6) is 1.38. The van der Waals surface area contributed by atoms with Crippen LogP contribution in [0.5, 0.6) is 6.01 Å². The molecule has 1 fully saturated rings. The quantitative estimate of drug-likeness (QED) is 0.431. The number of hydrogen-bond donors (Lipinski definition) is 1. The van der Waals surface area contributed by atoms with Crippen LogP contribution in [-0.4, -0.2) is 54.1 Å². The molecule has 3 aromatic rings. The zero-order valence-corrected chi connectivity index (χ0v) is 18.3. The lowest BCUT2D eigenvalue weighted by Gasteiger charge is -2.21. The van der Waals surface area contributed by atoms with Crippen molar-refractivity contribution in [1.29, 1.82) is 0 Å². The molecule has 1 saturated heterocycles. The smallest absolute Gasteiger partial charge is 0.320 e. The van der Waals surface area contributed by atoms with Gasteiger partial charge in [-0.3, -0.25) is 10.4 Å². The van der Waals surface area contributed by atoms with E-state index in [0.717, 1.165) is 43.2 Å². The number of pyridine rings is 1. The third kappa shape index (κ3) is 6.49. The molecule has 0 unspecified atom stereocenters. The minimum absolute atomic E-state index is 0.317. The molecule has 0 spiro atoms. The van der Waals surface area contributed by atoms with Gasteiger partial charge in [-0.05, 0) is 31.0 Å². The summed E-state index contributed by atoms with van der Waals surface area (Å²) in [5.41, 5.74) is 6.19. The highest BCUT2D eigenvalue weighted by Crippen LogP contribution is 2.21. The van der Waals surface area contributed by atoms with E-state index >= 15 is 0 Å². The van der Waals surface area contributed by atoms with Crippen molar-refractivity contribution in [3.05, 3.63) is 71.5 Å². The van der Waals surface area contributed by atoms with Crippen molar-refractivity contribution in [2.75, 3.05) is 43.2 Å². The molecule has 1 aromatic carbocycles. The predicted molar refractivity (Wildman–Crippen MR) is 126 cm³/mol. The van der Waals surface area contributed by atoms with Crippen molar-refractivity contribution in [1.82, 2.24) is 15.0 Å². The summed E-state index contributed by atoms with van der Waals surface area (Å²) in [6.07, 6.45) is 5.19. The van der Waals surface area contributed by atoms with Crippen molar-refractivity contribution in [2.24, 2.45) is 5.10 Å². The fourth-order valence-corrected chi connectivity index (χ4v) is 3.39. The zero-order valence-electron chi connectivity index (χ0n) is 18.3. The van der Waals surface area contributed by atoms with E-state index in [-0.39, 0.29) is 0 Å². The highest BCUT2D eigenvalue weighted by Gasteiger charge is 2.15. The number of hydrogen-bond acceptors (Lipinski definition) is 8. The second-order valence-corrected chi connectivity index (χ2v) is 7.55. The predicted octanol–water partition coefficient (Wildman–Crippen LogP) is 3.47. The van der Waals surface area contributed by atoms with Crippen molar-refractivity contribution < 1.29 is 9.47 Å². The van der Waals surface area contributed by atoms with Gasteiger partial charge >= 0.3 is 6.01 Å². The number of ether oxygens (including phenoxy) is 2. The van der Waals surface area contributed by atoms with Gasteiger partial charge in [0.25, 0.3) is 0 Å². The van der Waals surface area contributed by atoms with E-state index in [0.29, 0.717) is 31.5 Å². The molecule has 0 amide bonds. The van der Waals surface area contributed by atoms with Gasteiger partial charge in [-0.2, -0.15) is 15.1 Å². The van der Waals surface area contributed by atoms with Crippen molar-refractivity contribution in [2.45, 2.75) is 19.8 Å². The van der Waals surface area contributed by atoms with Crippen LogP contribution in [0.4, 0.5) is 11.6 Å². The Kier molecular flexibility index (Phi) is 7.60. The molecule has 1 aliphatic rings. The maximum Gasteiger partial charge on any atom is 0.320 e. The lowest BCUT2D eigenvalue weighted by Crippen LogP contribution is -2.27. The number of benzene rings is 1. The summed E-state index contributed by atoms with van der Waals surface area (Å²) in [4.78, 5) is 15.6. The van der Waals surface area contributed by atoms with E-state index in [4.69, 9.17) is 9.47 Å². The number of hydrazone groups is 1. The highest BCUT2D eigenvalue weighted by atomic mass is 16.5. The van der Waals surface area contributed by atoms with Gasteiger partial charge in [0.05, 0.1) is 19.4 Å². The Hall–Kier alpha value is -3.52. The molecule has 0 aliphatic carbocycles. The third-order valence-electron chi connectivity index (χ3n) is 4.99. The maximum atomic E-state index is 5.88. The fraction of sp³-hybridized carbons (Fsp3) is 0.333.